The van der Waals surface area contributed by atoms with E-state index in [1.54, 1.807) is 12.2 Å². The van der Waals surface area contributed by atoms with E-state index in [1.807, 2.05) is 0 Å². The smallest absolute Gasteiger partial charge is 0.255 e. The summed E-state index contributed by atoms with van der Waals surface area (Å²) < 4.78 is 36.7. The van der Waals surface area contributed by atoms with Gasteiger partial charge in [-0.3, -0.25) is 4.98 Å². The van der Waals surface area contributed by atoms with Crippen molar-refractivity contribution in [3.63, 3.8) is 0 Å². The van der Waals surface area contributed by atoms with Crippen LogP contribution in [-0.2, 0) is 6.18 Å². The maximum absolute atomic E-state index is 12.2. The van der Waals surface area contributed by atoms with Gasteiger partial charge in [0, 0.05) is 11.5 Å². The number of alkyl halides is 4. The van der Waals surface area contributed by atoms with Crippen molar-refractivity contribution in [1.82, 2.24) is 4.98 Å². The van der Waals surface area contributed by atoms with Gasteiger partial charge in [0.05, 0.1) is 16.3 Å². The molecule has 1 rings (SSSR count). The van der Waals surface area contributed by atoms with Crippen molar-refractivity contribution in [2.75, 3.05) is 5.33 Å². The van der Waals surface area contributed by atoms with Gasteiger partial charge >= 0.3 is 6.18 Å². The Bertz CT molecular complexity index is 376. The summed E-state index contributed by atoms with van der Waals surface area (Å²) in [6.07, 6.45) is -0.396. The molecule has 0 N–H and O–H groups in total. The molecule has 0 atom stereocenters. The molecule has 1 heterocycles. The van der Waals surface area contributed by atoms with Crippen LogP contribution in [0.3, 0.4) is 0 Å². The number of pyridine rings is 1. The van der Waals surface area contributed by atoms with Crippen LogP contribution in [0.1, 0.15) is 11.3 Å². The Kier molecular flexibility index (Phi) is 4.16. The SMILES string of the molecule is FC(F)(F)c1cnc(C=CCBr)c(Cl)c1. The van der Waals surface area contributed by atoms with Gasteiger partial charge < -0.3 is 0 Å². The first-order chi connectivity index (χ1) is 6.95. The van der Waals surface area contributed by atoms with Gasteiger partial charge in [-0.1, -0.05) is 33.6 Å². The van der Waals surface area contributed by atoms with Gasteiger partial charge in [-0.15, -0.1) is 0 Å². The third-order valence-electron chi connectivity index (χ3n) is 1.56. The molecule has 6 heteroatoms. The molecule has 0 aliphatic heterocycles. The summed E-state index contributed by atoms with van der Waals surface area (Å²) in [6.45, 7) is 0. The van der Waals surface area contributed by atoms with Gasteiger partial charge in [0.25, 0.3) is 0 Å². The normalized spacial score (nSPS) is 12.3. The Morgan fingerprint density at radius 1 is 1.47 bits per heavy atom. The van der Waals surface area contributed by atoms with E-state index < -0.39 is 11.7 Å². The van der Waals surface area contributed by atoms with E-state index in [9.17, 15) is 13.2 Å². The Balaban J connectivity index is 3.04. The van der Waals surface area contributed by atoms with Crippen LogP contribution in [-0.4, -0.2) is 10.3 Å². The molecule has 0 radical (unpaired) electrons. The average Bonchev–Trinajstić information content (AvgIpc) is 2.14. The van der Waals surface area contributed by atoms with Crippen LogP contribution < -0.4 is 0 Å². The lowest BCUT2D eigenvalue weighted by Crippen LogP contribution is -2.05. The van der Waals surface area contributed by atoms with Gasteiger partial charge in [-0.05, 0) is 12.1 Å². The molecule has 15 heavy (non-hydrogen) atoms. The zero-order valence-electron chi connectivity index (χ0n) is 7.35. The molecule has 0 amide bonds. The number of rotatable bonds is 2. The summed E-state index contributed by atoms with van der Waals surface area (Å²) in [5.74, 6) is 0. The fourth-order valence-electron chi connectivity index (χ4n) is 0.882. The van der Waals surface area contributed by atoms with Gasteiger partial charge in [0.15, 0.2) is 0 Å². The predicted octanol–water partition coefficient (Wildman–Crippen LogP) is 4.16. The summed E-state index contributed by atoms with van der Waals surface area (Å²) >= 11 is 8.78. The molecule has 0 bridgehead atoms. The third kappa shape index (κ3) is 3.50. The highest BCUT2D eigenvalue weighted by Crippen LogP contribution is 2.31. The van der Waals surface area contributed by atoms with Crippen LogP contribution >= 0.6 is 27.5 Å². The van der Waals surface area contributed by atoms with Crippen molar-refractivity contribution < 1.29 is 13.2 Å². The summed E-state index contributed by atoms with van der Waals surface area (Å²) in [5.41, 5.74) is -0.521. The topological polar surface area (TPSA) is 12.9 Å². The zero-order valence-corrected chi connectivity index (χ0v) is 9.70. The van der Waals surface area contributed by atoms with Crippen LogP contribution in [0.2, 0.25) is 5.02 Å². The molecular formula is C9H6BrClF3N. The lowest BCUT2D eigenvalue weighted by atomic mass is 10.2. The zero-order chi connectivity index (χ0) is 11.5. The first kappa shape index (κ1) is 12.5. The van der Waals surface area contributed by atoms with Crippen LogP contribution in [0.5, 0.6) is 0 Å². The quantitative estimate of drug-likeness (QED) is 0.747. The molecule has 0 aliphatic rings. The average molecular weight is 301 g/mol. The van der Waals surface area contributed by atoms with Crippen molar-refractivity contribution in [2.24, 2.45) is 0 Å². The summed E-state index contributed by atoms with van der Waals surface area (Å²) in [6, 6.07) is 0.864. The molecule has 0 spiro atoms. The van der Waals surface area contributed by atoms with E-state index in [2.05, 4.69) is 20.9 Å². The van der Waals surface area contributed by atoms with Crippen molar-refractivity contribution >= 4 is 33.6 Å². The number of hydrogen-bond acceptors (Lipinski definition) is 1. The van der Waals surface area contributed by atoms with Crippen molar-refractivity contribution in [3.8, 4) is 0 Å². The van der Waals surface area contributed by atoms with Gasteiger partial charge in [0.2, 0.25) is 0 Å². The van der Waals surface area contributed by atoms with Crippen LogP contribution in [0.25, 0.3) is 6.08 Å². The molecular weight excluding hydrogens is 294 g/mol. The van der Waals surface area contributed by atoms with Gasteiger partial charge in [0.1, 0.15) is 0 Å². The first-order valence-electron chi connectivity index (χ1n) is 3.90. The minimum absolute atomic E-state index is 0.0120. The second-order valence-electron chi connectivity index (χ2n) is 2.65. The lowest BCUT2D eigenvalue weighted by molar-refractivity contribution is -0.137. The predicted molar refractivity (Wildman–Crippen MR) is 57.1 cm³/mol. The maximum Gasteiger partial charge on any atom is 0.417 e. The van der Waals surface area contributed by atoms with Gasteiger partial charge in [-0.2, -0.15) is 13.2 Å². The fraction of sp³-hybridized carbons (Fsp3) is 0.222. The number of allylic oxidation sites excluding steroid dienone is 1. The highest BCUT2D eigenvalue weighted by Gasteiger charge is 2.31. The van der Waals surface area contributed by atoms with Crippen molar-refractivity contribution in [3.05, 3.63) is 34.6 Å². The lowest BCUT2D eigenvalue weighted by Gasteiger charge is -2.06. The maximum atomic E-state index is 12.2. The van der Waals surface area contributed by atoms with E-state index in [4.69, 9.17) is 11.6 Å². The fourth-order valence-corrected chi connectivity index (χ4v) is 1.30. The highest BCUT2D eigenvalue weighted by molar-refractivity contribution is 9.09. The molecule has 0 aliphatic carbocycles. The third-order valence-corrected chi connectivity index (χ3v) is 2.24. The molecule has 0 unspecified atom stereocenters. The van der Waals surface area contributed by atoms with E-state index in [1.165, 1.54) is 0 Å². The Labute approximate surface area is 98.1 Å². The van der Waals surface area contributed by atoms with E-state index in [0.29, 0.717) is 11.0 Å². The van der Waals surface area contributed by atoms with E-state index in [-0.39, 0.29) is 5.02 Å². The van der Waals surface area contributed by atoms with Crippen molar-refractivity contribution in [2.45, 2.75) is 6.18 Å². The summed E-state index contributed by atoms with van der Waals surface area (Å²) in [5, 5.41) is 0.577. The summed E-state index contributed by atoms with van der Waals surface area (Å²) in [4.78, 5) is 3.62. The van der Waals surface area contributed by atoms with E-state index in [0.717, 1.165) is 12.3 Å². The molecule has 0 saturated carbocycles. The number of aromatic nitrogens is 1. The second-order valence-corrected chi connectivity index (χ2v) is 3.70. The minimum atomic E-state index is -4.41. The molecule has 1 nitrogen and oxygen atoms in total. The molecule has 0 aromatic carbocycles. The molecule has 0 fully saturated rings. The standard InChI is InChI=1S/C9H6BrClF3N/c10-3-1-2-8-7(11)4-6(5-15-8)9(12,13)14/h1-2,4-5H,3H2. The van der Waals surface area contributed by atoms with E-state index >= 15 is 0 Å². The monoisotopic (exact) mass is 299 g/mol. The molecule has 1 aromatic heterocycles. The highest BCUT2D eigenvalue weighted by atomic mass is 79.9. The van der Waals surface area contributed by atoms with Crippen molar-refractivity contribution in [1.29, 1.82) is 0 Å². The first-order valence-corrected chi connectivity index (χ1v) is 5.40. The Morgan fingerprint density at radius 3 is 2.60 bits per heavy atom. The number of halogens is 5. The minimum Gasteiger partial charge on any atom is -0.255 e. The largest absolute Gasteiger partial charge is 0.417 e. The molecule has 82 valence electrons. The van der Waals surface area contributed by atoms with Gasteiger partial charge in [-0.25, -0.2) is 0 Å². The number of nitrogens with zero attached hydrogens (tertiary/aromatic N) is 1. The molecule has 1 aromatic rings. The Morgan fingerprint density at radius 2 is 2.13 bits per heavy atom. The van der Waals surface area contributed by atoms with Crippen LogP contribution in [0.15, 0.2) is 18.3 Å². The molecule has 0 saturated heterocycles. The van der Waals surface area contributed by atoms with Crippen LogP contribution in [0.4, 0.5) is 13.2 Å². The Hall–Kier alpha value is -0.550. The second kappa shape index (κ2) is 4.99. The van der Waals surface area contributed by atoms with Crippen LogP contribution in [0, 0.1) is 0 Å². The number of hydrogen-bond donors (Lipinski definition) is 0. The summed E-state index contributed by atoms with van der Waals surface area (Å²) in [7, 11) is 0.